The van der Waals surface area contributed by atoms with Crippen molar-refractivity contribution < 1.29 is 14.3 Å². The number of Topliss-reactive ketones (excluding diaryl/α,β-unsaturated/α-hetero) is 1. The van der Waals surface area contributed by atoms with E-state index in [0.717, 1.165) is 12.3 Å². The smallest absolute Gasteiger partial charge is 0.192 e. The van der Waals surface area contributed by atoms with E-state index in [1.54, 1.807) is 0 Å². The highest BCUT2D eigenvalue weighted by Gasteiger charge is 2.12. The molecule has 1 aromatic rings. The lowest BCUT2D eigenvalue weighted by Crippen LogP contribution is -2.16. The molecule has 12 heavy (non-hydrogen) atoms. The summed E-state index contributed by atoms with van der Waals surface area (Å²) in [7, 11) is 0. The highest BCUT2D eigenvalue weighted by molar-refractivity contribution is 5.98. The van der Waals surface area contributed by atoms with Crippen LogP contribution >= 0.6 is 0 Å². The Balaban J connectivity index is 2.96. The van der Waals surface area contributed by atoms with E-state index in [1.807, 2.05) is 0 Å². The molecule has 0 aliphatic carbocycles. The van der Waals surface area contributed by atoms with Gasteiger partial charge in [0.05, 0.1) is 6.20 Å². The third kappa shape index (κ3) is 1.85. The summed E-state index contributed by atoms with van der Waals surface area (Å²) >= 11 is 0. The molecule has 1 heterocycles. The summed E-state index contributed by atoms with van der Waals surface area (Å²) in [4.78, 5) is 14.5. The number of carbonyl (C=O) groups excluding carboxylic acids is 1. The van der Waals surface area contributed by atoms with Gasteiger partial charge in [-0.25, -0.2) is 4.39 Å². The molecule has 0 bridgehead atoms. The summed E-state index contributed by atoms with van der Waals surface area (Å²) in [6.07, 6.45) is 1.10. The van der Waals surface area contributed by atoms with Gasteiger partial charge in [0.15, 0.2) is 5.78 Å². The molecule has 0 amide bonds. The van der Waals surface area contributed by atoms with Gasteiger partial charge in [0.1, 0.15) is 11.9 Å². The standard InChI is InChI=1S/C8H8FNO2/c1-5(11)8(12)6-2-7(9)4-10-3-6/h2-5,11H,1H3. The van der Waals surface area contributed by atoms with Crippen LogP contribution in [0.4, 0.5) is 4.39 Å². The summed E-state index contributed by atoms with van der Waals surface area (Å²) in [6, 6.07) is 1.04. The summed E-state index contributed by atoms with van der Waals surface area (Å²) < 4.78 is 12.5. The zero-order valence-electron chi connectivity index (χ0n) is 6.49. The van der Waals surface area contributed by atoms with Crippen molar-refractivity contribution >= 4 is 5.78 Å². The molecule has 64 valence electrons. The van der Waals surface area contributed by atoms with Crippen LogP contribution in [0.1, 0.15) is 17.3 Å². The minimum absolute atomic E-state index is 0.0880. The molecule has 1 unspecified atom stereocenters. The van der Waals surface area contributed by atoms with Gasteiger partial charge in [0.2, 0.25) is 0 Å². The average molecular weight is 169 g/mol. The number of aliphatic hydroxyl groups is 1. The van der Waals surface area contributed by atoms with Crippen LogP contribution in [0.3, 0.4) is 0 Å². The van der Waals surface area contributed by atoms with E-state index in [9.17, 15) is 9.18 Å². The summed E-state index contributed by atoms with van der Waals surface area (Å²) in [5.74, 6) is -1.11. The Labute approximate surface area is 68.9 Å². The molecule has 0 spiro atoms. The van der Waals surface area contributed by atoms with Gasteiger partial charge in [-0.3, -0.25) is 9.78 Å². The Hall–Kier alpha value is -1.29. The van der Waals surface area contributed by atoms with Crippen molar-refractivity contribution in [1.82, 2.24) is 4.98 Å². The fourth-order valence-electron chi connectivity index (χ4n) is 0.788. The Kier molecular flexibility index (Phi) is 2.50. The summed E-state index contributed by atoms with van der Waals surface area (Å²) in [5.41, 5.74) is 0.0880. The lowest BCUT2D eigenvalue weighted by Gasteiger charge is -2.01. The van der Waals surface area contributed by atoms with Crippen LogP contribution in [0.2, 0.25) is 0 Å². The highest BCUT2D eigenvalue weighted by atomic mass is 19.1. The van der Waals surface area contributed by atoms with Gasteiger partial charge in [-0.2, -0.15) is 0 Å². The molecule has 0 aromatic carbocycles. The van der Waals surface area contributed by atoms with Crippen LogP contribution in [-0.4, -0.2) is 22.0 Å². The van der Waals surface area contributed by atoms with Crippen molar-refractivity contribution in [1.29, 1.82) is 0 Å². The van der Waals surface area contributed by atoms with Crippen LogP contribution in [0.25, 0.3) is 0 Å². The molecule has 0 fully saturated rings. The van der Waals surface area contributed by atoms with E-state index in [-0.39, 0.29) is 5.56 Å². The minimum Gasteiger partial charge on any atom is -0.385 e. The molecule has 0 saturated heterocycles. The van der Waals surface area contributed by atoms with Gasteiger partial charge in [-0.15, -0.1) is 0 Å². The Morgan fingerprint density at radius 1 is 1.67 bits per heavy atom. The zero-order valence-corrected chi connectivity index (χ0v) is 6.49. The van der Waals surface area contributed by atoms with Crippen molar-refractivity contribution in [3.05, 3.63) is 29.8 Å². The summed E-state index contributed by atoms with van der Waals surface area (Å²) in [6.45, 7) is 1.33. The topological polar surface area (TPSA) is 50.2 Å². The fraction of sp³-hybridized carbons (Fsp3) is 0.250. The number of carbonyl (C=O) groups is 1. The number of rotatable bonds is 2. The molecule has 0 saturated carbocycles. The quantitative estimate of drug-likeness (QED) is 0.665. The van der Waals surface area contributed by atoms with Crippen LogP contribution in [0.15, 0.2) is 18.5 Å². The van der Waals surface area contributed by atoms with E-state index in [4.69, 9.17) is 5.11 Å². The molecule has 0 radical (unpaired) electrons. The van der Waals surface area contributed by atoms with Crippen LogP contribution in [-0.2, 0) is 0 Å². The van der Waals surface area contributed by atoms with Crippen molar-refractivity contribution in [2.24, 2.45) is 0 Å². The molecule has 3 nitrogen and oxygen atoms in total. The fourth-order valence-corrected chi connectivity index (χ4v) is 0.788. The maximum Gasteiger partial charge on any atom is 0.192 e. The first-order valence-corrected chi connectivity index (χ1v) is 3.44. The Morgan fingerprint density at radius 2 is 2.33 bits per heavy atom. The second-order valence-electron chi connectivity index (χ2n) is 2.43. The monoisotopic (exact) mass is 169 g/mol. The van der Waals surface area contributed by atoms with Gasteiger partial charge in [-0.1, -0.05) is 0 Å². The van der Waals surface area contributed by atoms with Gasteiger partial charge in [0, 0.05) is 11.8 Å². The van der Waals surface area contributed by atoms with Crippen LogP contribution < -0.4 is 0 Å². The SMILES string of the molecule is CC(O)C(=O)c1cncc(F)c1. The largest absolute Gasteiger partial charge is 0.385 e. The molecule has 0 aliphatic rings. The number of nitrogens with zero attached hydrogens (tertiary/aromatic N) is 1. The third-order valence-electron chi connectivity index (χ3n) is 1.37. The first-order chi connectivity index (χ1) is 5.61. The number of aliphatic hydroxyl groups excluding tert-OH is 1. The zero-order chi connectivity index (χ0) is 9.14. The van der Waals surface area contributed by atoms with E-state index in [2.05, 4.69) is 4.98 Å². The van der Waals surface area contributed by atoms with Gasteiger partial charge < -0.3 is 5.11 Å². The maximum atomic E-state index is 12.5. The van der Waals surface area contributed by atoms with Gasteiger partial charge in [0.25, 0.3) is 0 Å². The molecule has 0 aliphatic heterocycles. The third-order valence-corrected chi connectivity index (χ3v) is 1.37. The molecule has 1 rings (SSSR count). The number of aromatic nitrogens is 1. The van der Waals surface area contributed by atoms with Crippen molar-refractivity contribution in [2.45, 2.75) is 13.0 Å². The van der Waals surface area contributed by atoms with E-state index >= 15 is 0 Å². The molecule has 4 heteroatoms. The minimum atomic E-state index is -1.12. The maximum absolute atomic E-state index is 12.5. The van der Waals surface area contributed by atoms with Crippen molar-refractivity contribution in [3.8, 4) is 0 Å². The lowest BCUT2D eigenvalue weighted by molar-refractivity contribution is 0.0778. The van der Waals surface area contributed by atoms with Gasteiger partial charge in [-0.05, 0) is 13.0 Å². The average Bonchev–Trinajstić information content (AvgIpc) is 2.03. The predicted molar refractivity (Wildman–Crippen MR) is 40.2 cm³/mol. The first kappa shape index (κ1) is 8.80. The molecule has 1 aromatic heterocycles. The summed E-state index contributed by atoms with van der Waals surface area (Å²) in [5, 5.41) is 8.87. The second-order valence-corrected chi connectivity index (χ2v) is 2.43. The lowest BCUT2D eigenvalue weighted by atomic mass is 10.1. The Bertz CT molecular complexity index is 299. The first-order valence-electron chi connectivity index (χ1n) is 3.44. The van der Waals surface area contributed by atoms with E-state index in [1.165, 1.54) is 13.1 Å². The highest BCUT2D eigenvalue weighted by Crippen LogP contribution is 2.04. The van der Waals surface area contributed by atoms with Crippen LogP contribution in [0, 0.1) is 5.82 Å². The molecule has 1 atom stereocenters. The Morgan fingerprint density at radius 3 is 2.83 bits per heavy atom. The number of hydrogen-bond donors (Lipinski definition) is 1. The van der Waals surface area contributed by atoms with Crippen LogP contribution in [0.5, 0.6) is 0 Å². The predicted octanol–water partition coefficient (Wildman–Crippen LogP) is 0.784. The van der Waals surface area contributed by atoms with Crippen molar-refractivity contribution in [3.63, 3.8) is 0 Å². The number of hydrogen-bond acceptors (Lipinski definition) is 3. The normalized spacial score (nSPS) is 12.6. The van der Waals surface area contributed by atoms with Gasteiger partial charge >= 0.3 is 0 Å². The molecule has 1 N–H and O–H groups in total. The molecular weight excluding hydrogens is 161 g/mol. The number of pyridine rings is 1. The molecular formula is C8H8FNO2. The number of halogens is 1. The van der Waals surface area contributed by atoms with E-state index < -0.39 is 17.7 Å². The van der Waals surface area contributed by atoms with Crippen molar-refractivity contribution in [2.75, 3.05) is 0 Å². The second kappa shape index (κ2) is 3.40. The van der Waals surface area contributed by atoms with E-state index in [0.29, 0.717) is 0 Å². The number of ketones is 1.